The molecule has 25 heavy (non-hydrogen) atoms. The van der Waals surface area contributed by atoms with Gasteiger partial charge in [0.1, 0.15) is 0 Å². The molecule has 2 aromatic rings. The van der Waals surface area contributed by atoms with Crippen LogP contribution in [0.1, 0.15) is 31.2 Å². The zero-order valence-corrected chi connectivity index (χ0v) is 15.3. The van der Waals surface area contributed by atoms with E-state index >= 15 is 0 Å². The van der Waals surface area contributed by atoms with E-state index in [0.717, 1.165) is 38.2 Å². The van der Waals surface area contributed by atoms with Gasteiger partial charge in [-0.05, 0) is 61.8 Å². The van der Waals surface area contributed by atoms with E-state index in [1.165, 1.54) is 5.56 Å². The monoisotopic (exact) mass is 356 g/mol. The molecule has 1 N–H and O–H groups in total. The first-order chi connectivity index (χ1) is 12.1. The Labute approximate surface area is 149 Å². The Balaban J connectivity index is 1.69. The SMILES string of the molecule is CCN1CCC2Nc3ccc(S(=O)(=O)c4ccccc4)cc3[C@@H]2CC1. The van der Waals surface area contributed by atoms with Crippen molar-refractivity contribution in [3.8, 4) is 0 Å². The highest BCUT2D eigenvalue weighted by atomic mass is 32.2. The number of hydrogen-bond donors (Lipinski definition) is 1. The number of nitrogens with zero attached hydrogens (tertiary/aromatic N) is 1. The molecule has 4 rings (SSSR count). The Hall–Kier alpha value is -1.85. The van der Waals surface area contributed by atoms with E-state index < -0.39 is 9.84 Å². The molecule has 0 bridgehead atoms. The third kappa shape index (κ3) is 2.96. The molecule has 0 aliphatic carbocycles. The maximum atomic E-state index is 12.9. The maximum absolute atomic E-state index is 12.9. The van der Waals surface area contributed by atoms with Crippen LogP contribution in [0.25, 0.3) is 0 Å². The summed E-state index contributed by atoms with van der Waals surface area (Å²) >= 11 is 0. The molecular weight excluding hydrogens is 332 g/mol. The number of rotatable bonds is 3. The molecular formula is C20H24N2O2S. The summed E-state index contributed by atoms with van der Waals surface area (Å²) in [6, 6.07) is 14.7. The summed E-state index contributed by atoms with van der Waals surface area (Å²) in [6.07, 6.45) is 2.18. The summed E-state index contributed by atoms with van der Waals surface area (Å²) in [5, 5.41) is 3.62. The number of nitrogens with one attached hydrogen (secondary N) is 1. The molecule has 2 atom stereocenters. The van der Waals surface area contributed by atoms with E-state index in [9.17, 15) is 8.42 Å². The predicted octanol–water partition coefficient (Wildman–Crippen LogP) is 3.51. The lowest BCUT2D eigenvalue weighted by Crippen LogP contribution is -2.25. The second kappa shape index (κ2) is 6.46. The van der Waals surface area contributed by atoms with Crippen molar-refractivity contribution in [2.45, 2.75) is 41.5 Å². The minimum Gasteiger partial charge on any atom is -0.381 e. The normalized spacial score (nSPS) is 23.4. The second-order valence-corrected chi connectivity index (χ2v) is 8.88. The van der Waals surface area contributed by atoms with Gasteiger partial charge in [0.15, 0.2) is 0 Å². The average molecular weight is 356 g/mol. The molecule has 1 saturated heterocycles. The van der Waals surface area contributed by atoms with Gasteiger partial charge in [0.25, 0.3) is 0 Å². The minimum absolute atomic E-state index is 0.357. The number of anilines is 1. The summed E-state index contributed by atoms with van der Waals surface area (Å²) in [4.78, 5) is 3.23. The van der Waals surface area contributed by atoms with E-state index in [1.54, 1.807) is 30.3 Å². The smallest absolute Gasteiger partial charge is 0.206 e. The van der Waals surface area contributed by atoms with Gasteiger partial charge in [-0.1, -0.05) is 25.1 Å². The van der Waals surface area contributed by atoms with Gasteiger partial charge in [0, 0.05) is 24.2 Å². The van der Waals surface area contributed by atoms with E-state index in [0.29, 0.717) is 21.8 Å². The average Bonchev–Trinajstić information content (AvgIpc) is 2.86. The fourth-order valence-electron chi connectivity index (χ4n) is 4.10. The molecule has 5 heteroatoms. The molecule has 0 saturated carbocycles. The Kier molecular flexibility index (Phi) is 4.29. The number of benzene rings is 2. The Morgan fingerprint density at radius 3 is 2.56 bits per heavy atom. The molecule has 0 amide bonds. The third-order valence-corrected chi connectivity index (χ3v) is 7.34. The van der Waals surface area contributed by atoms with Crippen molar-refractivity contribution in [2.24, 2.45) is 0 Å². The Morgan fingerprint density at radius 1 is 1.04 bits per heavy atom. The lowest BCUT2D eigenvalue weighted by molar-refractivity contribution is 0.298. The van der Waals surface area contributed by atoms with Gasteiger partial charge in [-0.3, -0.25) is 0 Å². The van der Waals surface area contributed by atoms with Crippen LogP contribution in [0.3, 0.4) is 0 Å². The van der Waals surface area contributed by atoms with Gasteiger partial charge in [-0.15, -0.1) is 0 Å². The van der Waals surface area contributed by atoms with Crippen molar-refractivity contribution >= 4 is 15.5 Å². The van der Waals surface area contributed by atoms with Crippen LogP contribution in [0.15, 0.2) is 58.3 Å². The van der Waals surface area contributed by atoms with Crippen molar-refractivity contribution in [2.75, 3.05) is 25.0 Å². The van der Waals surface area contributed by atoms with Gasteiger partial charge in [-0.25, -0.2) is 8.42 Å². The molecule has 0 aromatic heterocycles. The van der Waals surface area contributed by atoms with Crippen molar-refractivity contribution in [3.63, 3.8) is 0 Å². The van der Waals surface area contributed by atoms with Gasteiger partial charge in [-0.2, -0.15) is 0 Å². The van der Waals surface area contributed by atoms with E-state index in [4.69, 9.17) is 0 Å². The first-order valence-corrected chi connectivity index (χ1v) is 10.5. The van der Waals surface area contributed by atoms with Crippen LogP contribution in [0.5, 0.6) is 0 Å². The fourth-order valence-corrected chi connectivity index (χ4v) is 5.42. The van der Waals surface area contributed by atoms with Crippen LogP contribution in [-0.2, 0) is 9.84 Å². The van der Waals surface area contributed by atoms with Gasteiger partial charge in [0.2, 0.25) is 9.84 Å². The summed E-state index contributed by atoms with van der Waals surface area (Å²) in [6.45, 7) is 5.46. The summed E-state index contributed by atoms with van der Waals surface area (Å²) in [5.41, 5.74) is 2.27. The van der Waals surface area contributed by atoms with Crippen molar-refractivity contribution in [1.29, 1.82) is 0 Å². The van der Waals surface area contributed by atoms with Crippen LogP contribution in [-0.4, -0.2) is 39.0 Å². The van der Waals surface area contributed by atoms with Crippen LogP contribution in [0, 0.1) is 0 Å². The molecule has 0 spiro atoms. The number of sulfone groups is 1. The first kappa shape index (κ1) is 16.6. The van der Waals surface area contributed by atoms with E-state index in [-0.39, 0.29) is 0 Å². The zero-order chi connectivity index (χ0) is 17.4. The van der Waals surface area contributed by atoms with Crippen LogP contribution in [0.4, 0.5) is 5.69 Å². The van der Waals surface area contributed by atoms with E-state index in [1.807, 2.05) is 18.2 Å². The van der Waals surface area contributed by atoms with Gasteiger partial charge < -0.3 is 10.2 Å². The maximum Gasteiger partial charge on any atom is 0.206 e. The molecule has 4 nitrogen and oxygen atoms in total. The number of likely N-dealkylation sites (tertiary alicyclic amines) is 1. The molecule has 0 radical (unpaired) electrons. The molecule has 2 aliphatic rings. The van der Waals surface area contributed by atoms with Crippen LogP contribution >= 0.6 is 0 Å². The Bertz CT molecular complexity index is 865. The van der Waals surface area contributed by atoms with Gasteiger partial charge >= 0.3 is 0 Å². The molecule has 2 aromatic carbocycles. The zero-order valence-electron chi connectivity index (χ0n) is 14.5. The summed E-state index contributed by atoms with van der Waals surface area (Å²) in [5.74, 6) is 0.400. The molecule has 2 aliphatic heterocycles. The lowest BCUT2D eigenvalue weighted by Gasteiger charge is -2.17. The third-order valence-electron chi connectivity index (χ3n) is 5.57. The second-order valence-electron chi connectivity index (χ2n) is 6.93. The van der Waals surface area contributed by atoms with E-state index in [2.05, 4.69) is 17.1 Å². The standard InChI is InChI=1S/C20H24N2O2S/c1-2-22-12-10-17-18-14-16(8-9-19(18)21-20(17)11-13-22)25(23,24)15-6-4-3-5-7-15/h3-9,14,17,20-21H,2,10-13H2,1H3/t17-,20?/m0/s1. The predicted molar refractivity (Wildman–Crippen MR) is 99.8 cm³/mol. The van der Waals surface area contributed by atoms with Crippen molar-refractivity contribution in [1.82, 2.24) is 4.90 Å². The quantitative estimate of drug-likeness (QED) is 0.914. The largest absolute Gasteiger partial charge is 0.381 e. The Morgan fingerprint density at radius 2 is 1.80 bits per heavy atom. The minimum atomic E-state index is -3.46. The summed E-state index contributed by atoms with van der Waals surface area (Å²) in [7, 11) is -3.46. The van der Waals surface area contributed by atoms with Crippen LogP contribution < -0.4 is 5.32 Å². The lowest BCUT2D eigenvalue weighted by atomic mass is 9.91. The van der Waals surface area contributed by atoms with Crippen LogP contribution in [0.2, 0.25) is 0 Å². The van der Waals surface area contributed by atoms with Crippen molar-refractivity contribution in [3.05, 3.63) is 54.1 Å². The summed E-state index contributed by atoms with van der Waals surface area (Å²) < 4.78 is 25.9. The molecule has 2 heterocycles. The van der Waals surface area contributed by atoms with Gasteiger partial charge in [0.05, 0.1) is 9.79 Å². The topological polar surface area (TPSA) is 49.4 Å². The van der Waals surface area contributed by atoms with Crippen molar-refractivity contribution < 1.29 is 8.42 Å². The molecule has 1 fully saturated rings. The highest BCUT2D eigenvalue weighted by Gasteiger charge is 2.35. The first-order valence-electron chi connectivity index (χ1n) is 9.02. The number of hydrogen-bond acceptors (Lipinski definition) is 4. The molecule has 1 unspecified atom stereocenters. The molecule has 132 valence electrons. The fraction of sp³-hybridized carbons (Fsp3) is 0.400. The highest BCUT2D eigenvalue weighted by molar-refractivity contribution is 7.91. The number of fused-ring (bicyclic) bond motifs is 3. The highest BCUT2D eigenvalue weighted by Crippen LogP contribution is 2.42.